The number of ether oxygens (including phenoxy) is 1. The van der Waals surface area contributed by atoms with Gasteiger partial charge in [0, 0.05) is 12.5 Å². The van der Waals surface area contributed by atoms with Crippen LogP contribution in [0.4, 0.5) is 5.69 Å². The largest absolute Gasteiger partial charge is 0.461 e. The number of nitrogens with zero attached hydrogens (tertiary/aromatic N) is 2. The summed E-state index contributed by atoms with van der Waals surface area (Å²) < 4.78 is 6.04. The number of benzene rings is 1. The highest BCUT2D eigenvalue weighted by atomic mass is 16.5. The fourth-order valence-corrected chi connectivity index (χ4v) is 1.89. The quantitative estimate of drug-likeness (QED) is 0.849. The zero-order valence-electron chi connectivity index (χ0n) is 12.9. The van der Waals surface area contributed by atoms with E-state index in [9.17, 15) is 14.4 Å². The second-order valence-electron chi connectivity index (χ2n) is 4.61. The van der Waals surface area contributed by atoms with E-state index in [0.29, 0.717) is 5.69 Å². The Bertz CT molecular complexity index is 769. The zero-order valence-corrected chi connectivity index (χ0v) is 12.9. The van der Waals surface area contributed by atoms with Crippen molar-refractivity contribution < 1.29 is 14.3 Å². The van der Waals surface area contributed by atoms with Gasteiger partial charge in [-0.2, -0.15) is 9.78 Å². The number of aromatic nitrogens is 2. The van der Waals surface area contributed by atoms with E-state index in [1.165, 1.54) is 6.07 Å². The Balaban J connectivity index is 2.56. The minimum absolute atomic E-state index is 0.0486. The van der Waals surface area contributed by atoms with Crippen molar-refractivity contribution in [2.24, 2.45) is 0 Å². The third-order valence-corrected chi connectivity index (χ3v) is 3.00. The van der Waals surface area contributed by atoms with Crippen LogP contribution in [0.3, 0.4) is 0 Å². The van der Waals surface area contributed by atoms with Gasteiger partial charge in [-0.15, -0.1) is 0 Å². The normalized spacial score (nSPS) is 10.2. The van der Waals surface area contributed by atoms with Gasteiger partial charge in [0.2, 0.25) is 5.91 Å². The average molecular weight is 315 g/mol. The van der Waals surface area contributed by atoms with Crippen molar-refractivity contribution >= 4 is 17.6 Å². The molecule has 1 N–H and O–H groups in total. The number of carbonyl (C=O) groups is 2. The lowest BCUT2D eigenvalue weighted by Crippen LogP contribution is -2.27. The Morgan fingerprint density at radius 3 is 2.52 bits per heavy atom. The monoisotopic (exact) mass is 315 g/mol. The van der Waals surface area contributed by atoms with E-state index in [4.69, 9.17) is 4.74 Å². The SMILES string of the molecule is CCOC(=O)c1nn(-c2ccccc2)c(=O)cc1NC(=O)CC. The highest BCUT2D eigenvalue weighted by Crippen LogP contribution is 2.14. The molecule has 0 aliphatic rings. The summed E-state index contributed by atoms with van der Waals surface area (Å²) in [6.07, 6.45) is 0.212. The van der Waals surface area contributed by atoms with E-state index in [1.54, 1.807) is 44.2 Å². The Labute approximate surface area is 132 Å². The van der Waals surface area contributed by atoms with Crippen LogP contribution in [0, 0.1) is 0 Å². The summed E-state index contributed by atoms with van der Waals surface area (Å²) in [7, 11) is 0. The molecule has 2 aromatic rings. The minimum atomic E-state index is -0.705. The molecule has 7 nitrogen and oxygen atoms in total. The zero-order chi connectivity index (χ0) is 16.8. The van der Waals surface area contributed by atoms with Crippen molar-refractivity contribution in [1.29, 1.82) is 0 Å². The van der Waals surface area contributed by atoms with Crippen LogP contribution in [0.1, 0.15) is 30.8 Å². The number of hydrogen-bond donors (Lipinski definition) is 1. The van der Waals surface area contributed by atoms with Gasteiger partial charge in [0.05, 0.1) is 18.0 Å². The molecule has 0 atom stereocenters. The minimum Gasteiger partial charge on any atom is -0.461 e. The highest BCUT2D eigenvalue weighted by molar-refractivity contribution is 5.99. The van der Waals surface area contributed by atoms with Crippen LogP contribution >= 0.6 is 0 Å². The van der Waals surface area contributed by atoms with Crippen LogP contribution < -0.4 is 10.9 Å². The van der Waals surface area contributed by atoms with Crippen LogP contribution in [0.15, 0.2) is 41.2 Å². The van der Waals surface area contributed by atoms with E-state index in [1.807, 2.05) is 0 Å². The maximum absolute atomic E-state index is 12.2. The topological polar surface area (TPSA) is 90.3 Å². The van der Waals surface area contributed by atoms with Crippen molar-refractivity contribution in [1.82, 2.24) is 9.78 Å². The molecule has 1 heterocycles. The van der Waals surface area contributed by atoms with Gasteiger partial charge in [0.1, 0.15) is 0 Å². The molecular formula is C16H17N3O4. The summed E-state index contributed by atoms with van der Waals surface area (Å²) in [5, 5.41) is 6.57. The summed E-state index contributed by atoms with van der Waals surface area (Å²) in [4.78, 5) is 35.9. The van der Waals surface area contributed by atoms with Crippen molar-refractivity contribution in [2.75, 3.05) is 11.9 Å². The van der Waals surface area contributed by atoms with Crippen LogP contribution in [0.5, 0.6) is 0 Å². The van der Waals surface area contributed by atoms with Crippen LogP contribution in [0.25, 0.3) is 5.69 Å². The van der Waals surface area contributed by atoms with Gasteiger partial charge >= 0.3 is 5.97 Å². The van der Waals surface area contributed by atoms with Crippen LogP contribution in [-0.4, -0.2) is 28.3 Å². The van der Waals surface area contributed by atoms with E-state index in [2.05, 4.69) is 10.4 Å². The molecule has 1 amide bonds. The molecule has 0 aliphatic heterocycles. The van der Waals surface area contributed by atoms with Gasteiger partial charge in [-0.25, -0.2) is 4.79 Å². The van der Waals surface area contributed by atoms with E-state index >= 15 is 0 Å². The molecule has 2 rings (SSSR count). The van der Waals surface area contributed by atoms with Crippen molar-refractivity contribution in [3.8, 4) is 5.69 Å². The molecule has 0 fully saturated rings. The predicted octanol–water partition coefficient (Wildman–Crippen LogP) is 1.76. The number of rotatable bonds is 5. The summed E-state index contributed by atoms with van der Waals surface area (Å²) >= 11 is 0. The van der Waals surface area contributed by atoms with Gasteiger partial charge in [0.25, 0.3) is 5.56 Å². The van der Waals surface area contributed by atoms with E-state index in [-0.39, 0.29) is 30.3 Å². The second kappa shape index (κ2) is 7.35. The Morgan fingerprint density at radius 1 is 1.22 bits per heavy atom. The van der Waals surface area contributed by atoms with Gasteiger partial charge in [-0.1, -0.05) is 25.1 Å². The lowest BCUT2D eigenvalue weighted by atomic mass is 10.3. The molecule has 0 bridgehead atoms. The molecule has 0 spiro atoms. The standard InChI is InChI=1S/C16H17N3O4/c1-3-13(20)17-12-10-14(21)19(11-8-6-5-7-9-11)18-15(12)16(22)23-4-2/h5-10H,3-4H2,1-2H3,(H,17,20). The molecule has 0 radical (unpaired) electrons. The van der Waals surface area contributed by atoms with Gasteiger partial charge in [-0.3, -0.25) is 9.59 Å². The number of nitrogens with one attached hydrogen (secondary N) is 1. The molecule has 120 valence electrons. The predicted molar refractivity (Wildman–Crippen MR) is 84.7 cm³/mol. The first-order chi connectivity index (χ1) is 11.1. The summed E-state index contributed by atoms with van der Waals surface area (Å²) in [5.74, 6) is -1.03. The lowest BCUT2D eigenvalue weighted by molar-refractivity contribution is -0.115. The summed E-state index contributed by atoms with van der Waals surface area (Å²) in [5.41, 5.74) is -0.0170. The second-order valence-corrected chi connectivity index (χ2v) is 4.61. The Kier molecular flexibility index (Phi) is 5.24. The number of amides is 1. The summed E-state index contributed by atoms with van der Waals surface area (Å²) in [6.45, 7) is 3.49. The van der Waals surface area contributed by atoms with Crippen LogP contribution in [-0.2, 0) is 9.53 Å². The van der Waals surface area contributed by atoms with E-state index in [0.717, 1.165) is 4.68 Å². The molecule has 0 aliphatic carbocycles. The molecule has 0 saturated carbocycles. The third-order valence-electron chi connectivity index (χ3n) is 3.00. The molecular weight excluding hydrogens is 298 g/mol. The lowest BCUT2D eigenvalue weighted by Gasteiger charge is -2.11. The molecule has 0 saturated heterocycles. The first kappa shape index (κ1) is 16.4. The van der Waals surface area contributed by atoms with E-state index < -0.39 is 11.5 Å². The van der Waals surface area contributed by atoms with Crippen LogP contribution in [0.2, 0.25) is 0 Å². The van der Waals surface area contributed by atoms with Crippen molar-refractivity contribution in [2.45, 2.75) is 20.3 Å². The fourth-order valence-electron chi connectivity index (χ4n) is 1.89. The maximum Gasteiger partial charge on any atom is 0.360 e. The number of carbonyl (C=O) groups excluding carboxylic acids is 2. The molecule has 23 heavy (non-hydrogen) atoms. The summed E-state index contributed by atoms with van der Waals surface area (Å²) in [6, 6.07) is 9.85. The highest BCUT2D eigenvalue weighted by Gasteiger charge is 2.19. The first-order valence-corrected chi connectivity index (χ1v) is 7.23. The number of hydrogen-bond acceptors (Lipinski definition) is 5. The van der Waals surface area contributed by atoms with Crippen molar-refractivity contribution in [3.63, 3.8) is 0 Å². The Hall–Kier alpha value is -2.96. The first-order valence-electron chi connectivity index (χ1n) is 7.23. The molecule has 7 heteroatoms. The molecule has 1 aromatic heterocycles. The van der Waals surface area contributed by atoms with Gasteiger partial charge in [-0.05, 0) is 19.1 Å². The fraction of sp³-hybridized carbons (Fsp3) is 0.250. The average Bonchev–Trinajstić information content (AvgIpc) is 2.55. The smallest absolute Gasteiger partial charge is 0.360 e. The van der Waals surface area contributed by atoms with Gasteiger partial charge in [0.15, 0.2) is 5.69 Å². The number of para-hydroxylation sites is 1. The van der Waals surface area contributed by atoms with Gasteiger partial charge < -0.3 is 10.1 Å². The number of esters is 1. The maximum atomic E-state index is 12.2. The molecule has 0 unspecified atom stereocenters. The Morgan fingerprint density at radius 2 is 1.91 bits per heavy atom. The third kappa shape index (κ3) is 3.82. The molecule has 1 aromatic carbocycles. The number of anilines is 1. The van der Waals surface area contributed by atoms with Crippen molar-refractivity contribution in [3.05, 3.63) is 52.4 Å².